The standard InChI is InChI=1S/C15H20N4OS.ClH/c1-19(9-14-10-21-11-17-14)8-12-3-2-4-13(7-12)18-15(20)5-6-16;/h2-4,7,10-11H,5-6,8-9,16H2,1H3,(H,18,20);1H. The molecule has 0 bridgehead atoms. The molecule has 0 saturated carbocycles. The van der Waals surface area contributed by atoms with Gasteiger partial charge in [-0.25, -0.2) is 4.98 Å². The minimum absolute atomic E-state index is 0. The number of rotatable bonds is 7. The summed E-state index contributed by atoms with van der Waals surface area (Å²) in [5, 5.41) is 4.91. The van der Waals surface area contributed by atoms with Gasteiger partial charge in [-0.1, -0.05) is 12.1 Å². The first kappa shape index (κ1) is 18.6. The van der Waals surface area contributed by atoms with Crippen LogP contribution in [0.2, 0.25) is 0 Å². The number of carbonyl (C=O) groups excluding carboxylic acids is 1. The molecule has 22 heavy (non-hydrogen) atoms. The molecule has 0 atom stereocenters. The lowest BCUT2D eigenvalue weighted by Gasteiger charge is -2.16. The number of hydrogen-bond acceptors (Lipinski definition) is 5. The molecule has 1 aromatic heterocycles. The van der Waals surface area contributed by atoms with Gasteiger partial charge in [0.05, 0.1) is 11.2 Å². The van der Waals surface area contributed by atoms with E-state index in [0.717, 1.165) is 30.0 Å². The summed E-state index contributed by atoms with van der Waals surface area (Å²) in [6, 6.07) is 7.88. The van der Waals surface area contributed by atoms with Crippen LogP contribution in [0.5, 0.6) is 0 Å². The number of amides is 1. The van der Waals surface area contributed by atoms with E-state index < -0.39 is 0 Å². The first-order valence-electron chi connectivity index (χ1n) is 6.82. The summed E-state index contributed by atoms with van der Waals surface area (Å²) in [7, 11) is 2.05. The molecule has 0 unspecified atom stereocenters. The van der Waals surface area contributed by atoms with Gasteiger partial charge in [-0.05, 0) is 24.7 Å². The van der Waals surface area contributed by atoms with Gasteiger partial charge in [0.25, 0.3) is 0 Å². The number of aromatic nitrogens is 1. The van der Waals surface area contributed by atoms with Gasteiger partial charge in [-0.15, -0.1) is 23.7 Å². The normalized spacial score (nSPS) is 10.3. The maximum Gasteiger partial charge on any atom is 0.225 e. The smallest absolute Gasteiger partial charge is 0.225 e. The predicted molar refractivity (Wildman–Crippen MR) is 93.3 cm³/mol. The van der Waals surface area contributed by atoms with Crippen molar-refractivity contribution in [1.82, 2.24) is 9.88 Å². The van der Waals surface area contributed by atoms with E-state index in [9.17, 15) is 4.79 Å². The molecule has 3 N–H and O–H groups in total. The van der Waals surface area contributed by atoms with Crippen LogP contribution in [0.4, 0.5) is 5.69 Å². The summed E-state index contributed by atoms with van der Waals surface area (Å²) in [5.41, 5.74) is 10.3. The van der Waals surface area contributed by atoms with E-state index in [1.165, 1.54) is 0 Å². The minimum Gasteiger partial charge on any atom is -0.330 e. The number of carbonyl (C=O) groups is 1. The fourth-order valence-corrected chi connectivity index (χ4v) is 2.61. The molecule has 2 aromatic rings. The van der Waals surface area contributed by atoms with Crippen LogP contribution in [0.25, 0.3) is 0 Å². The van der Waals surface area contributed by atoms with E-state index in [1.54, 1.807) is 11.3 Å². The Morgan fingerprint density at radius 1 is 1.41 bits per heavy atom. The highest BCUT2D eigenvalue weighted by molar-refractivity contribution is 7.07. The topological polar surface area (TPSA) is 71.2 Å². The zero-order valence-electron chi connectivity index (χ0n) is 12.5. The van der Waals surface area contributed by atoms with Crippen molar-refractivity contribution in [1.29, 1.82) is 0 Å². The SMILES string of the molecule is CN(Cc1cccc(NC(=O)CCN)c1)Cc1cscn1.Cl. The molecule has 0 aliphatic carbocycles. The van der Waals surface area contributed by atoms with Crippen LogP contribution in [-0.2, 0) is 17.9 Å². The Labute approximate surface area is 141 Å². The van der Waals surface area contributed by atoms with Crippen molar-refractivity contribution in [3.8, 4) is 0 Å². The third-order valence-corrected chi connectivity index (χ3v) is 3.59. The highest BCUT2D eigenvalue weighted by Gasteiger charge is 2.05. The number of anilines is 1. The molecule has 1 aromatic carbocycles. The first-order valence-corrected chi connectivity index (χ1v) is 7.76. The number of nitrogens with zero attached hydrogens (tertiary/aromatic N) is 2. The summed E-state index contributed by atoms with van der Waals surface area (Å²) < 4.78 is 0. The van der Waals surface area contributed by atoms with E-state index >= 15 is 0 Å². The monoisotopic (exact) mass is 340 g/mol. The zero-order valence-corrected chi connectivity index (χ0v) is 14.1. The van der Waals surface area contributed by atoms with E-state index in [4.69, 9.17) is 5.73 Å². The van der Waals surface area contributed by atoms with E-state index in [0.29, 0.717) is 13.0 Å². The van der Waals surface area contributed by atoms with Gasteiger partial charge < -0.3 is 11.1 Å². The van der Waals surface area contributed by atoms with Gasteiger partial charge in [0, 0.05) is 37.1 Å². The van der Waals surface area contributed by atoms with Crippen molar-refractivity contribution in [3.05, 3.63) is 46.4 Å². The van der Waals surface area contributed by atoms with Crippen LogP contribution >= 0.6 is 23.7 Å². The third kappa shape index (κ3) is 6.11. The predicted octanol–water partition coefficient (Wildman–Crippen LogP) is 2.48. The molecule has 5 nitrogen and oxygen atoms in total. The summed E-state index contributed by atoms with van der Waals surface area (Å²) in [6.45, 7) is 1.98. The molecule has 120 valence electrons. The average Bonchev–Trinajstić information content (AvgIpc) is 2.92. The molecule has 7 heteroatoms. The highest BCUT2D eigenvalue weighted by atomic mass is 35.5. The Hall–Kier alpha value is -1.47. The summed E-state index contributed by atoms with van der Waals surface area (Å²) in [6.07, 6.45) is 0.341. The van der Waals surface area contributed by atoms with Crippen LogP contribution in [0, 0.1) is 0 Å². The molecule has 2 rings (SSSR count). The van der Waals surface area contributed by atoms with Crippen LogP contribution in [0.15, 0.2) is 35.2 Å². The number of halogens is 1. The molecule has 0 aliphatic rings. The van der Waals surface area contributed by atoms with Crippen molar-refractivity contribution < 1.29 is 4.79 Å². The van der Waals surface area contributed by atoms with Crippen molar-refractivity contribution in [2.75, 3.05) is 18.9 Å². The molecular weight excluding hydrogens is 320 g/mol. The van der Waals surface area contributed by atoms with Crippen molar-refractivity contribution in [3.63, 3.8) is 0 Å². The molecular formula is C15H21ClN4OS. The Balaban J connectivity index is 0.00000242. The largest absolute Gasteiger partial charge is 0.330 e. The van der Waals surface area contributed by atoms with Crippen LogP contribution in [0.3, 0.4) is 0 Å². The van der Waals surface area contributed by atoms with Gasteiger partial charge >= 0.3 is 0 Å². The van der Waals surface area contributed by atoms with E-state index in [2.05, 4.69) is 33.7 Å². The number of nitrogens with one attached hydrogen (secondary N) is 1. The Morgan fingerprint density at radius 2 is 2.23 bits per heavy atom. The van der Waals surface area contributed by atoms with Gasteiger partial charge in [0.1, 0.15) is 0 Å². The second-order valence-corrected chi connectivity index (χ2v) is 5.66. The Morgan fingerprint density at radius 3 is 2.91 bits per heavy atom. The van der Waals surface area contributed by atoms with Gasteiger partial charge in [-0.2, -0.15) is 0 Å². The molecule has 0 spiro atoms. The zero-order chi connectivity index (χ0) is 15.1. The Kier molecular flexibility index (Phi) is 8.05. The van der Waals surface area contributed by atoms with Crippen molar-refractivity contribution in [2.24, 2.45) is 5.73 Å². The Bertz CT molecular complexity index is 577. The maximum absolute atomic E-state index is 11.5. The molecule has 0 fully saturated rings. The minimum atomic E-state index is -0.0505. The van der Waals surface area contributed by atoms with Crippen molar-refractivity contribution in [2.45, 2.75) is 19.5 Å². The molecule has 0 aliphatic heterocycles. The maximum atomic E-state index is 11.5. The fourth-order valence-electron chi connectivity index (χ4n) is 2.06. The number of benzene rings is 1. The van der Waals surface area contributed by atoms with Gasteiger partial charge in [0.2, 0.25) is 5.91 Å². The third-order valence-electron chi connectivity index (χ3n) is 2.95. The van der Waals surface area contributed by atoms with Crippen molar-refractivity contribution >= 4 is 35.3 Å². The lowest BCUT2D eigenvalue weighted by atomic mass is 10.2. The number of hydrogen-bond donors (Lipinski definition) is 2. The lowest BCUT2D eigenvalue weighted by Crippen LogP contribution is -2.18. The van der Waals surface area contributed by atoms with Crippen LogP contribution in [0.1, 0.15) is 17.7 Å². The number of nitrogens with two attached hydrogens (primary N) is 1. The molecule has 1 amide bonds. The quantitative estimate of drug-likeness (QED) is 0.812. The number of thiazole rings is 1. The molecule has 0 saturated heterocycles. The van der Waals surface area contributed by atoms with Crippen LogP contribution < -0.4 is 11.1 Å². The summed E-state index contributed by atoms with van der Waals surface area (Å²) in [4.78, 5) is 18.0. The second-order valence-electron chi connectivity index (χ2n) is 4.94. The summed E-state index contributed by atoms with van der Waals surface area (Å²) >= 11 is 1.61. The lowest BCUT2D eigenvalue weighted by molar-refractivity contribution is -0.116. The molecule has 1 heterocycles. The van der Waals surface area contributed by atoms with Gasteiger partial charge in [0.15, 0.2) is 0 Å². The van der Waals surface area contributed by atoms with Crippen LogP contribution in [-0.4, -0.2) is 29.4 Å². The van der Waals surface area contributed by atoms with E-state index in [-0.39, 0.29) is 18.3 Å². The average molecular weight is 341 g/mol. The highest BCUT2D eigenvalue weighted by Crippen LogP contribution is 2.14. The summed E-state index contributed by atoms with van der Waals surface area (Å²) in [5.74, 6) is -0.0505. The second kappa shape index (κ2) is 9.53. The molecule has 0 radical (unpaired) electrons. The fraction of sp³-hybridized carbons (Fsp3) is 0.333. The van der Waals surface area contributed by atoms with E-state index in [1.807, 2.05) is 23.7 Å². The first-order chi connectivity index (χ1) is 10.2. The van der Waals surface area contributed by atoms with Gasteiger partial charge in [-0.3, -0.25) is 9.69 Å².